The highest BCUT2D eigenvalue weighted by molar-refractivity contribution is 5.35. The molecule has 3 unspecified atom stereocenters. The van der Waals surface area contributed by atoms with Crippen LogP contribution in [-0.2, 0) is 0 Å². The molecule has 2 saturated carbocycles. The molecule has 3 rings (SSSR count). The zero-order chi connectivity index (χ0) is 12.8. The third kappa shape index (κ3) is 2.18. The van der Waals surface area contributed by atoms with Gasteiger partial charge in [0.1, 0.15) is 0 Å². The zero-order valence-corrected chi connectivity index (χ0v) is 11.9. The minimum atomic E-state index is 0.798. The SMILES string of the molecule is C[N+](C)(C)c1ccc(C2CC3CCCC2C3)cn1. The molecule has 2 bridgehead atoms. The molecule has 2 aliphatic rings. The molecular weight excluding hydrogens is 220 g/mol. The van der Waals surface area contributed by atoms with Crippen LogP contribution in [0.3, 0.4) is 0 Å². The summed E-state index contributed by atoms with van der Waals surface area (Å²) in [5.41, 5.74) is 1.49. The molecule has 0 N–H and O–H groups in total. The van der Waals surface area contributed by atoms with Crippen molar-refractivity contribution >= 4 is 5.82 Å². The first kappa shape index (κ1) is 12.2. The molecular formula is C16H25N2+. The Labute approximate surface area is 111 Å². The Hall–Kier alpha value is -0.890. The quantitative estimate of drug-likeness (QED) is 0.726. The van der Waals surface area contributed by atoms with E-state index < -0.39 is 0 Å². The summed E-state index contributed by atoms with van der Waals surface area (Å²) in [6.07, 6.45) is 9.40. The molecule has 2 heteroatoms. The van der Waals surface area contributed by atoms with Crippen LogP contribution in [0, 0.1) is 11.8 Å². The third-order valence-corrected chi connectivity index (χ3v) is 4.87. The van der Waals surface area contributed by atoms with E-state index in [1.54, 1.807) is 0 Å². The number of hydrogen-bond acceptors (Lipinski definition) is 1. The van der Waals surface area contributed by atoms with Crippen LogP contribution in [0.1, 0.15) is 43.6 Å². The lowest BCUT2D eigenvalue weighted by molar-refractivity contribution is 0.350. The van der Waals surface area contributed by atoms with Gasteiger partial charge in [-0.25, -0.2) is 4.98 Å². The van der Waals surface area contributed by atoms with E-state index >= 15 is 0 Å². The topological polar surface area (TPSA) is 12.9 Å². The van der Waals surface area contributed by atoms with Gasteiger partial charge in [0.25, 0.3) is 0 Å². The molecule has 2 fully saturated rings. The van der Waals surface area contributed by atoms with Gasteiger partial charge in [0.2, 0.25) is 5.82 Å². The van der Waals surface area contributed by atoms with Crippen molar-refractivity contribution in [2.24, 2.45) is 11.8 Å². The van der Waals surface area contributed by atoms with Crippen LogP contribution in [0.2, 0.25) is 0 Å². The third-order valence-electron chi connectivity index (χ3n) is 4.87. The monoisotopic (exact) mass is 245 g/mol. The summed E-state index contributed by atoms with van der Waals surface area (Å²) < 4.78 is 0.803. The molecule has 0 spiro atoms. The maximum absolute atomic E-state index is 4.68. The van der Waals surface area contributed by atoms with Gasteiger partial charge < -0.3 is 0 Å². The molecule has 1 aromatic rings. The average Bonchev–Trinajstić information content (AvgIpc) is 2.63. The van der Waals surface area contributed by atoms with Gasteiger partial charge in [-0.1, -0.05) is 12.8 Å². The summed E-state index contributed by atoms with van der Waals surface area (Å²) in [5, 5.41) is 0. The fourth-order valence-corrected chi connectivity index (χ4v) is 3.89. The van der Waals surface area contributed by atoms with Crippen molar-refractivity contribution in [2.45, 2.75) is 38.0 Å². The fraction of sp³-hybridized carbons (Fsp3) is 0.688. The molecule has 1 aromatic heterocycles. The van der Waals surface area contributed by atoms with Crippen LogP contribution in [0.5, 0.6) is 0 Å². The Morgan fingerprint density at radius 3 is 2.56 bits per heavy atom. The summed E-state index contributed by atoms with van der Waals surface area (Å²) >= 11 is 0. The molecule has 2 nitrogen and oxygen atoms in total. The van der Waals surface area contributed by atoms with Crippen molar-refractivity contribution in [2.75, 3.05) is 21.1 Å². The van der Waals surface area contributed by atoms with Gasteiger partial charge in [0.05, 0.1) is 21.1 Å². The molecule has 0 radical (unpaired) electrons. The fourth-order valence-electron chi connectivity index (χ4n) is 3.89. The van der Waals surface area contributed by atoms with Gasteiger partial charge in [-0.2, -0.15) is 0 Å². The molecule has 3 atom stereocenters. The van der Waals surface area contributed by atoms with Crippen molar-refractivity contribution < 1.29 is 0 Å². The number of hydrogen-bond donors (Lipinski definition) is 0. The predicted molar refractivity (Wildman–Crippen MR) is 76.6 cm³/mol. The van der Waals surface area contributed by atoms with Crippen molar-refractivity contribution in [3.05, 3.63) is 23.9 Å². The first-order valence-corrected chi connectivity index (χ1v) is 7.32. The lowest BCUT2D eigenvalue weighted by Gasteiger charge is -2.23. The van der Waals surface area contributed by atoms with Gasteiger partial charge in [-0.3, -0.25) is 4.48 Å². The largest absolute Gasteiger partial charge is 0.282 e. The number of nitrogens with zero attached hydrogens (tertiary/aromatic N) is 2. The van der Waals surface area contributed by atoms with Gasteiger partial charge in [-0.15, -0.1) is 0 Å². The standard InChI is InChI=1S/C16H25N2/c1-18(2,3)16-8-7-14(11-17-16)15-10-12-5-4-6-13(15)9-12/h7-8,11-13,15H,4-6,9-10H2,1-3H3/q+1. The first-order chi connectivity index (χ1) is 8.54. The molecule has 1 heterocycles. The van der Waals surface area contributed by atoms with E-state index in [1.165, 1.54) is 37.7 Å². The van der Waals surface area contributed by atoms with Gasteiger partial charge in [0, 0.05) is 12.3 Å². The van der Waals surface area contributed by atoms with Crippen molar-refractivity contribution in [3.8, 4) is 0 Å². The molecule has 18 heavy (non-hydrogen) atoms. The second-order valence-corrected chi connectivity index (χ2v) is 7.10. The number of rotatable bonds is 2. The van der Waals surface area contributed by atoms with E-state index in [1.807, 2.05) is 0 Å². The van der Waals surface area contributed by atoms with Crippen LogP contribution in [-0.4, -0.2) is 26.1 Å². The number of pyridine rings is 1. The predicted octanol–water partition coefficient (Wildman–Crippen LogP) is 3.57. The molecule has 0 aromatic carbocycles. The molecule has 0 saturated heterocycles. The molecule has 2 aliphatic carbocycles. The Balaban J connectivity index is 1.81. The van der Waals surface area contributed by atoms with Crippen LogP contribution in [0.4, 0.5) is 5.82 Å². The van der Waals surface area contributed by atoms with Crippen molar-refractivity contribution in [1.82, 2.24) is 9.47 Å². The van der Waals surface area contributed by atoms with Crippen molar-refractivity contribution in [1.29, 1.82) is 0 Å². The Morgan fingerprint density at radius 1 is 1.11 bits per heavy atom. The average molecular weight is 245 g/mol. The molecule has 98 valence electrons. The number of quaternary nitrogens is 1. The van der Waals surface area contributed by atoms with E-state index in [4.69, 9.17) is 0 Å². The van der Waals surface area contributed by atoms with E-state index in [9.17, 15) is 0 Å². The van der Waals surface area contributed by atoms with Gasteiger partial charge in [0.15, 0.2) is 0 Å². The molecule has 0 amide bonds. The van der Waals surface area contributed by atoms with E-state index in [0.29, 0.717) is 0 Å². The summed E-state index contributed by atoms with van der Waals surface area (Å²) in [6.45, 7) is 0. The van der Waals surface area contributed by atoms with Crippen LogP contribution < -0.4 is 4.48 Å². The Bertz CT molecular complexity index is 416. The van der Waals surface area contributed by atoms with Crippen molar-refractivity contribution in [3.63, 3.8) is 0 Å². The summed E-state index contributed by atoms with van der Waals surface area (Å²) in [4.78, 5) is 4.68. The summed E-state index contributed by atoms with van der Waals surface area (Å²) in [7, 11) is 6.51. The highest BCUT2D eigenvalue weighted by atomic mass is 15.3. The van der Waals surface area contributed by atoms with Crippen LogP contribution >= 0.6 is 0 Å². The number of fused-ring (bicyclic) bond motifs is 2. The van der Waals surface area contributed by atoms with Gasteiger partial charge >= 0.3 is 0 Å². The summed E-state index contributed by atoms with van der Waals surface area (Å²) in [6, 6.07) is 4.55. The van der Waals surface area contributed by atoms with E-state index in [2.05, 4.69) is 44.5 Å². The minimum absolute atomic E-state index is 0.798. The van der Waals surface area contributed by atoms with Crippen LogP contribution in [0.25, 0.3) is 0 Å². The maximum Gasteiger partial charge on any atom is 0.226 e. The van der Waals surface area contributed by atoms with Gasteiger partial charge in [-0.05, 0) is 48.6 Å². The summed E-state index contributed by atoms with van der Waals surface area (Å²) in [5.74, 6) is 3.90. The molecule has 0 aliphatic heterocycles. The lowest BCUT2D eigenvalue weighted by Crippen LogP contribution is -2.35. The Morgan fingerprint density at radius 2 is 1.94 bits per heavy atom. The highest BCUT2D eigenvalue weighted by Gasteiger charge is 2.37. The lowest BCUT2D eigenvalue weighted by atomic mass is 9.85. The maximum atomic E-state index is 4.68. The van der Waals surface area contributed by atoms with Crippen LogP contribution in [0.15, 0.2) is 18.3 Å². The second kappa shape index (κ2) is 4.34. The number of aromatic nitrogens is 1. The minimum Gasteiger partial charge on any atom is -0.282 e. The first-order valence-electron chi connectivity index (χ1n) is 7.32. The highest BCUT2D eigenvalue weighted by Crippen LogP contribution is 2.50. The zero-order valence-electron chi connectivity index (χ0n) is 11.9. The second-order valence-electron chi connectivity index (χ2n) is 7.10. The van der Waals surface area contributed by atoms with E-state index in [0.717, 1.165) is 28.1 Å². The smallest absolute Gasteiger partial charge is 0.226 e. The Kier molecular flexibility index (Phi) is 2.93. The normalized spacial score (nSPS) is 31.6. The van der Waals surface area contributed by atoms with E-state index in [-0.39, 0.29) is 0 Å².